The number of rotatable bonds is 6. The molecule has 0 radical (unpaired) electrons. The molecule has 6 nitrogen and oxygen atoms in total. The van der Waals surface area contributed by atoms with Gasteiger partial charge in [0.15, 0.2) is 0 Å². The Kier molecular flexibility index (Phi) is 6.58. The fraction of sp³-hybridized carbons (Fsp3) is 0.423. The van der Waals surface area contributed by atoms with Crippen LogP contribution in [-0.2, 0) is 4.79 Å². The standard InChI is InChI=1S/C26H31N3O3/c1-17-7-9-20(10-8-17)24(30)28-23(25(31)27-21-11-12-21)19-13-15-29(16-14-19)26(32)22-6-4-3-5-18(22)2/h3-10,19,21,23H,11-16H2,1-2H3,(H,27,31)(H,28,30)/t23-/m0/s1. The number of hydrogen-bond acceptors (Lipinski definition) is 3. The molecule has 2 N–H and O–H groups in total. The van der Waals surface area contributed by atoms with Crippen molar-refractivity contribution in [2.75, 3.05) is 13.1 Å². The van der Waals surface area contributed by atoms with Crippen molar-refractivity contribution in [2.45, 2.75) is 51.6 Å². The summed E-state index contributed by atoms with van der Waals surface area (Å²) in [4.78, 5) is 40.7. The van der Waals surface area contributed by atoms with Crippen LogP contribution in [0.5, 0.6) is 0 Å². The van der Waals surface area contributed by atoms with Gasteiger partial charge in [-0.3, -0.25) is 14.4 Å². The van der Waals surface area contributed by atoms with E-state index in [9.17, 15) is 14.4 Å². The van der Waals surface area contributed by atoms with Crippen molar-refractivity contribution in [3.05, 3.63) is 70.8 Å². The molecule has 32 heavy (non-hydrogen) atoms. The molecule has 4 rings (SSSR count). The number of nitrogens with zero attached hydrogens (tertiary/aromatic N) is 1. The van der Waals surface area contributed by atoms with E-state index in [1.165, 1.54) is 0 Å². The van der Waals surface area contributed by atoms with Crippen molar-refractivity contribution >= 4 is 17.7 Å². The smallest absolute Gasteiger partial charge is 0.254 e. The van der Waals surface area contributed by atoms with E-state index in [-0.39, 0.29) is 29.7 Å². The molecule has 6 heteroatoms. The topological polar surface area (TPSA) is 78.5 Å². The summed E-state index contributed by atoms with van der Waals surface area (Å²) in [5, 5.41) is 6.04. The lowest BCUT2D eigenvalue weighted by atomic mass is 9.88. The van der Waals surface area contributed by atoms with Gasteiger partial charge < -0.3 is 15.5 Å². The summed E-state index contributed by atoms with van der Waals surface area (Å²) in [5.41, 5.74) is 3.32. The van der Waals surface area contributed by atoms with Gasteiger partial charge in [-0.1, -0.05) is 35.9 Å². The van der Waals surface area contributed by atoms with E-state index in [4.69, 9.17) is 0 Å². The molecule has 1 aliphatic heterocycles. The average Bonchev–Trinajstić information content (AvgIpc) is 3.62. The van der Waals surface area contributed by atoms with E-state index in [1.807, 2.05) is 55.1 Å². The Hall–Kier alpha value is -3.15. The molecular formula is C26H31N3O3. The molecule has 1 saturated carbocycles. The number of carbonyl (C=O) groups is 3. The Labute approximate surface area is 189 Å². The Bertz CT molecular complexity index is 990. The van der Waals surface area contributed by atoms with Gasteiger partial charge in [0.2, 0.25) is 5.91 Å². The Morgan fingerprint density at radius 3 is 2.19 bits per heavy atom. The first-order chi connectivity index (χ1) is 15.4. The highest BCUT2D eigenvalue weighted by atomic mass is 16.2. The van der Waals surface area contributed by atoms with Gasteiger partial charge in [0.1, 0.15) is 6.04 Å². The fourth-order valence-corrected chi connectivity index (χ4v) is 4.26. The summed E-state index contributed by atoms with van der Waals surface area (Å²) < 4.78 is 0. The van der Waals surface area contributed by atoms with E-state index in [1.54, 1.807) is 12.1 Å². The van der Waals surface area contributed by atoms with Crippen LogP contribution in [0.15, 0.2) is 48.5 Å². The van der Waals surface area contributed by atoms with Crippen molar-refractivity contribution in [2.24, 2.45) is 5.92 Å². The Morgan fingerprint density at radius 2 is 1.56 bits per heavy atom. The third-order valence-corrected chi connectivity index (χ3v) is 6.48. The predicted octanol–water partition coefficient (Wildman–Crippen LogP) is 3.23. The first kappa shape index (κ1) is 22.1. The second kappa shape index (κ2) is 9.55. The normalized spacial score (nSPS) is 17.5. The number of nitrogens with one attached hydrogen (secondary N) is 2. The second-order valence-corrected chi connectivity index (χ2v) is 9.04. The molecular weight excluding hydrogens is 402 g/mol. The molecule has 2 aromatic carbocycles. The highest BCUT2D eigenvalue weighted by Gasteiger charge is 2.36. The number of carbonyl (C=O) groups excluding carboxylic acids is 3. The predicted molar refractivity (Wildman–Crippen MR) is 123 cm³/mol. The third-order valence-electron chi connectivity index (χ3n) is 6.48. The van der Waals surface area contributed by atoms with Crippen LogP contribution in [0, 0.1) is 19.8 Å². The zero-order valence-electron chi connectivity index (χ0n) is 18.8. The van der Waals surface area contributed by atoms with Gasteiger partial charge in [-0.05, 0) is 69.2 Å². The molecule has 168 valence electrons. The summed E-state index contributed by atoms with van der Waals surface area (Å²) in [6.07, 6.45) is 3.34. The highest BCUT2D eigenvalue weighted by molar-refractivity contribution is 5.98. The lowest BCUT2D eigenvalue weighted by molar-refractivity contribution is -0.124. The third kappa shape index (κ3) is 5.18. The number of likely N-dealkylation sites (tertiary alicyclic amines) is 1. The van der Waals surface area contributed by atoms with E-state index in [0.717, 1.165) is 29.5 Å². The Morgan fingerprint density at radius 1 is 0.906 bits per heavy atom. The van der Waals surface area contributed by atoms with E-state index < -0.39 is 6.04 Å². The minimum Gasteiger partial charge on any atom is -0.352 e. The zero-order chi connectivity index (χ0) is 22.7. The van der Waals surface area contributed by atoms with E-state index in [0.29, 0.717) is 31.5 Å². The molecule has 3 amide bonds. The van der Waals surface area contributed by atoms with Crippen LogP contribution < -0.4 is 10.6 Å². The van der Waals surface area contributed by atoms with Crippen LogP contribution in [0.1, 0.15) is 57.5 Å². The maximum absolute atomic E-state index is 13.0. The van der Waals surface area contributed by atoms with E-state index >= 15 is 0 Å². The minimum absolute atomic E-state index is 0.0101. The van der Waals surface area contributed by atoms with Gasteiger partial charge in [-0.25, -0.2) is 0 Å². The molecule has 1 saturated heterocycles. The van der Waals surface area contributed by atoms with Gasteiger partial charge >= 0.3 is 0 Å². The summed E-state index contributed by atoms with van der Waals surface area (Å²) in [6, 6.07) is 14.6. The van der Waals surface area contributed by atoms with Crippen molar-refractivity contribution in [1.82, 2.24) is 15.5 Å². The number of aryl methyl sites for hydroxylation is 2. The molecule has 0 spiro atoms. The SMILES string of the molecule is Cc1ccc(C(=O)N[C@H](C(=O)NC2CC2)C2CCN(C(=O)c3ccccc3C)CC2)cc1. The van der Waals surface area contributed by atoms with Crippen LogP contribution in [0.4, 0.5) is 0 Å². The molecule has 2 aliphatic rings. The Balaban J connectivity index is 1.43. The van der Waals surface area contributed by atoms with Gasteiger partial charge in [0.05, 0.1) is 0 Å². The second-order valence-electron chi connectivity index (χ2n) is 9.04. The highest BCUT2D eigenvalue weighted by Crippen LogP contribution is 2.25. The lowest BCUT2D eigenvalue weighted by Crippen LogP contribution is -2.54. The van der Waals surface area contributed by atoms with Crippen molar-refractivity contribution in [3.63, 3.8) is 0 Å². The van der Waals surface area contributed by atoms with Gasteiger partial charge in [0, 0.05) is 30.3 Å². The van der Waals surface area contributed by atoms with E-state index in [2.05, 4.69) is 10.6 Å². The molecule has 0 aromatic heterocycles. The molecule has 0 unspecified atom stereocenters. The van der Waals surface area contributed by atoms with Gasteiger partial charge in [-0.15, -0.1) is 0 Å². The van der Waals surface area contributed by atoms with Crippen LogP contribution >= 0.6 is 0 Å². The summed E-state index contributed by atoms with van der Waals surface area (Å²) in [5.74, 6) is -0.329. The number of amides is 3. The summed E-state index contributed by atoms with van der Waals surface area (Å²) in [7, 11) is 0. The average molecular weight is 434 g/mol. The first-order valence-electron chi connectivity index (χ1n) is 11.4. The number of benzene rings is 2. The summed E-state index contributed by atoms with van der Waals surface area (Å²) >= 11 is 0. The monoisotopic (exact) mass is 433 g/mol. The van der Waals surface area contributed by atoms with Crippen molar-refractivity contribution in [1.29, 1.82) is 0 Å². The molecule has 1 atom stereocenters. The zero-order valence-corrected chi connectivity index (χ0v) is 18.8. The van der Waals surface area contributed by atoms with Crippen LogP contribution in [0.3, 0.4) is 0 Å². The maximum atomic E-state index is 13.0. The molecule has 2 fully saturated rings. The van der Waals surface area contributed by atoms with Crippen molar-refractivity contribution in [3.8, 4) is 0 Å². The largest absolute Gasteiger partial charge is 0.352 e. The molecule has 2 aromatic rings. The maximum Gasteiger partial charge on any atom is 0.254 e. The summed E-state index contributed by atoms with van der Waals surface area (Å²) in [6.45, 7) is 5.06. The van der Waals surface area contributed by atoms with Crippen LogP contribution in [-0.4, -0.2) is 47.8 Å². The quantitative estimate of drug-likeness (QED) is 0.734. The minimum atomic E-state index is -0.597. The number of piperidine rings is 1. The van der Waals surface area contributed by atoms with Gasteiger partial charge in [0.25, 0.3) is 11.8 Å². The van der Waals surface area contributed by atoms with Crippen molar-refractivity contribution < 1.29 is 14.4 Å². The van der Waals surface area contributed by atoms with Gasteiger partial charge in [-0.2, -0.15) is 0 Å². The lowest BCUT2D eigenvalue weighted by Gasteiger charge is -2.36. The van der Waals surface area contributed by atoms with Crippen LogP contribution in [0.2, 0.25) is 0 Å². The molecule has 0 bridgehead atoms. The fourth-order valence-electron chi connectivity index (χ4n) is 4.26. The number of hydrogen-bond donors (Lipinski definition) is 2. The van der Waals surface area contributed by atoms with Crippen LogP contribution in [0.25, 0.3) is 0 Å². The molecule has 1 heterocycles. The first-order valence-corrected chi connectivity index (χ1v) is 11.4. The molecule has 1 aliphatic carbocycles.